The van der Waals surface area contributed by atoms with Crippen LogP contribution in [0.3, 0.4) is 0 Å². The first-order valence-corrected chi connectivity index (χ1v) is 15.4. The van der Waals surface area contributed by atoms with E-state index in [9.17, 15) is 14.4 Å². The molecular formula is C33H38ClN3O5. The first-order chi connectivity index (χ1) is 20.3. The molecule has 222 valence electrons. The van der Waals surface area contributed by atoms with Crippen molar-refractivity contribution in [3.8, 4) is 5.75 Å². The fourth-order valence-corrected chi connectivity index (χ4v) is 7.35. The summed E-state index contributed by atoms with van der Waals surface area (Å²) in [4.78, 5) is 43.7. The Kier molecular flexibility index (Phi) is 8.03. The summed E-state index contributed by atoms with van der Waals surface area (Å²) in [6, 6.07) is 13.8. The summed E-state index contributed by atoms with van der Waals surface area (Å²) < 4.78 is 12.0. The molecule has 3 heterocycles. The lowest BCUT2D eigenvalue weighted by molar-refractivity contribution is -0.141. The highest BCUT2D eigenvalue weighted by atomic mass is 35.5. The molecule has 4 aliphatic rings. The van der Waals surface area contributed by atoms with Crippen molar-refractivity contribution in [3.63, 3.8) is 0 Å². The number of amides is 3. The average molecular weight is 592 g/mol. The number of ether oxygens (including phenoxy) is 2. The molecule has 42 heavy (non-hydrogen) atoms. The van der Waals surface area contributed by atoms with E-state index in [1.165, 1.54) is 0 Å². The molecule has 5 unspecified atom stereocenters. The number of hydrogen-bond acceptors (Lipinski definition) is 5. The van der Waals surface area contributed by atoms with E-state index in [1.807, 2.05) is 43.3 Å². The Balaban J connectivity index is 1.27. The van der Waals surface area contributed by atoms with E-state index < -0.39 is 29.6 Å². The van der Waals surface area contributed by atoms with Crippen LogP contribution in [0.4, 0.5) is 5.69 Å². The van der Waals surface area contributed by atoms with Crippen LogP contribution in [-0.2, 0) is 25.5 Å². The smallest absolute Gasteiger partial charge is 0.246 e. The third kappa shape index (κ3) is 5.20. The van der Waals surface area contributed by atoms with E-state index in [-0.39, 0.29) is 23.8 Å². The predicted molar refractivity (Wildman–Crippen MR) is 160 cm³/mol. The van der Waals surface area contributed by atoms with Gasteiger partial charge in [0, 0.05) is 23.3 Å². The largest absolute Gasteiger partial charge is 0.494 e. The van der Waals surface area contributed by atoms with Crippen LogP contribution in [0, 0.1) is 17.8 Å². The fourth-order valence-electron chi connectivity index (χ4n) is 7.23. The lowest BCUT2D eigenvalue weighted by Gasteiger charge is -2.36. The number of nitrogens with zero attached hydrogens (tertiary/aromatic N) is 1. The van der Waals surface area contributed by atoms with Gasteiger partial charge in [-0.05, 0) is 74.1 Å². The van der Waals surface area contributed by atoms with Crippen molar-refractivity contribution >= 4 is 35.0 Å². The van der Waals surface area contributed by atoms with Gasteiger partial charge in [-0.1, -0.05) is 55.7 Å². The third-order valence-electron chi connectivity index (χ3n) is 9.35. The number of benzene rings is 2. The Bertz CT molecular complexity index is 1360. The minimum Gasteiger partial charge on any atom is -0.494 e. The fraction of sp³-hybridized carbons (Fsp3) is 0.485. The molecule has 2 aromatic carbocycles. The van der Waals surface area contributed by atoms with E-state index in [4.69, 9.17) is 21.1 Å². The van der Waals surface area contributed by atoms with Gasteiger partial charge in [0.1, 0.15) is 17.4 Å². The number of rotatable bonds is 9. The number of halogens is 1. The second-order valence-electron chi connectivity index (χ2n) is 11.9. The number of fused-ring (bicyclic) bond motifs is 1. The lowest BCUT2D eigenvalue weighted by Crippen LogP contribution is -2.57. The van der Waals surface area contributed by atoms with Crippen LogP contribution in [-0.4, -0.2) is 59.6 Å². The van der Waals surface area contributed by atoms with Crippen LogP contribution in [0.5, 0.6) is 5.75 Å². The molecule has 3 aliphatic heterocycles. The van der Waals surface area contributed by atoms with E-state index in [0.29, 0.717) is 41.9 Å². The average Bonchev–Trinajstić information content (AvgIpc) is 3.62. The van der Waals surface area contributed by atoms with Gasteiger partial charge in [-0.25, -0.2) is 0 Å². The first-order valence-electron chi connectivity index (χ1n) is 15.1. The van der Waals surface area contributed by atoms with Gasteiger partial charge >= 0.3 is 0 Å². The zero-order valence-corrected chi connectivity index (χ0v) is 24.8. The SMILES string of the molecule is CCOc1ccc(NC(=O)C2[C@H]3C=CC4(O3)C(C(=O)NC3CCCCC3C)N(CCc3ccc(Cl)cc3)C(=O)[C@@H]24)cc1. The first kappa shape index (κ1) is 28.7. The molecule has 7 atom stereocenters. The van der Waals surface area contributed by atoms with Gasteiger partial charge in [0.15, 0.2) is 0 Å². The van der Waals surface area contributed by atoms with Gasteiger partial charge in [-0.15, -0.1) is 0 Å². The molecule has 0 aromatic heterocycles. The third-order valence-corrected chi connectivity index (χ3v) is 9.60. The monoisotopic (exact) mass is 591 g/mol. The van der Waals surface area contributed by atoms with Gasteiger partial charge < -0.3 is 25.0 Å². The number of likely N-dealkylation sites (tertiary alicyclic amines) is 1. The second kappa shape index (κ2) is 11.7. The summed E-state index contributed by atoms with van der Waals surface area (Å²) in [5.74, 6) is -1.20. The maximum Gasteiger partial charge on any atom is 0.246 e. The molecular weight excluding hydrogens is 554 g/mol. The predicted octanol–water partition coefficient (Wildman–Crippen LogP) is 4.77. The molecule has 1 spiro atoms. The molecule has 0 radical (unpaired) electrons. The van der Waals surface area contributed by atoms with Crippen molar-refractivity contribution in [2.24, 2.45) is 17.8 Å². The second-order valence-corrected chi connectivity index (χ2v) is 12.4. The van der Waals surface area contributed by atoms with Crippen molar-refractivity contribution in [1.29, 1.82) is 0 Å². The van der Waals surface area contributed by atoms with E-state index in [2.05, 4.69) is 17.6 Å². The molecule has 2 bridgehead atoms. The molecule has 6 rings (SSSR count). The number of nitrogens with one attached hydrogen (secondary N) is 2. The Morgan fingerprint density at radius 3 is 2.52 bits per heavy atom. The topological polar surface area (TPSA) is 97.0 Å². The number of anilines is 1. The van der Waals surface area contributed by atoms with Gasteiger partial charge in [0.25, 0.3) is 0 Å². The molecule has 9 heteroatoms. The van der Waals surface area contributed by atoms with Crippen LogP contribution in [0.15, 0.2) is 60.7 Å². The highest BCUT2D eigenvalue weighted by Gasteiger charge is 2.72. The van der Waals surface area contributed by atoms with E-state index >= 15 is 0 Å². The summed E-state index contributed by atoms with van der Waals surface area (Å²) in [5, 5.41) is 6.89. The standard InChI is InChI=1S/C33H38ClN3O5/c1-3-41-24-14-12-23(13-15-24)35-30(38)27-26-16-18-33(42-26)28(27)32(40)37(19-17-21-8-10-22(34)11-9-21)29(33)31(39)36-25-7-5-4-6-20(25)2/h8-16,18,20,25-29H,3-7,17,19H2,1-2H3,(H,35,38)(H,36,39)/t20?,25?,26-,27?,28-,29?,33?/m1/s1. The minimum absolute atomic E-state index is 0.0521. The molecule has 3 fully saturated rings. The van der Waals surface area contributed by atoms with Crippen LogP contribution < -0.4 is 15.4 Å². The minimum atomic E-state index is -1.19. The van der Waals surface area contributed by atoms with Crippen molar-refractivity contribution in [3.05, 3.63) is 71.3 Å². The Labute approximate surface area is 251 Å². The molecule has 1 aliphatic carbocycles. The van der Waals surface area contributed by atoms with Gasteiger partial charge in [0.2, 0.25) is 17.7 Å². The quantitative estimate of drug-likeness (QED) is 0.410. The summed E-state index contributed by atoms with van der Waals surface area (Å²) in [5.41, 5.74) is 0.423. The maximum absolute atomic E-state index is 14.2. The highest BCUT2D eigenvalue weighted by Crippen LogP contribution is 2.55. The molecule has 8 nitrogen and oxygen atoms in total. The van der Waals surface area contributed by atoms with Crippen molar-refractivity contribution in [2.45, 2.75) is 69.7 Å². The van der Waals surface area contributed by atoms with Gasteiger partial charge in [0.05, 0.1) is 24.5 Å². The van der Waals surface area contributed by atoms with Crippen LogP contribution in [0.2, 0.25) is 5.02 Å². The Hall–Kier alpha value is -3.36. The zero-order chi connectivity index (χ0) is 29.4. The normalized spacial score (nSPS) is 31.2. The van der Waals surface area contributed by atoms with E-state index in [1.54, 1.807) is 29.2 Å². The van der Waals surface area contributed by atoms with Gasteiger partial charge in [-0.3, -0.25) is 14.4 Å². The van der Waals surface area contributed by atoms with E-state index in [0.717, 1.165) is 31.2 Å². The molecule has 2 saturated heterocycles. The van der Waals surface area contributed by atoms with Crippen LogP contribution >= 0.6 is 11.6 Å². The number of carbonyl (C=O) groups is 3. The highest BCUT2D eigenvalue weighted by molar-refractivity contribution is 6.30. The molecule has 2 N–H and O–H groups in total. The van der Waals surface area contributed by atoms with Crippen LogP contribution in [0.25, 0.3) is 0 Å². The molecule has 3 amide bonds. The van der Waals surface area contributed by atoms with Crippen LogP contribution in [0.1, 0.15) is 45.1 Å². The molecule has 2 aromatic rings. The van der Waals surface area contributed by atoms with Crippen molar-refractivity contribution in [2.75, 3.05) is 18.5 Å². The van der Waals surface area contributed by atoms with Crippen molar-refractivity contribution in [1.82, 2.24) is 10.2 Å². The Morgan fingerprint density at radius 1 is 1.07 bits per heavy atom. The number of hydrogen-bond donors (Lipinski definition) is 2. The summed E-state index contributed by atoms with van der Waals surface area (Å²) in [6.45, 7) is 4.96. The zero-order valence-electron chi connectivity index (χ0n) is 24.1. The summed E-state index contributed by atoms with van der Waals surface area (Å²) in [6.07, 6.45) is 7.88. The summed E-state index contributed by atoms with van der Waals surface area (Å²) >= 11 is 6.08. The number of carbonyl (C=O) groups excluding carboxylic acids is 3. The molecule has 1 saturated carbocycles. The summed E-state index contributed by atoms with van der Waals surface area (Å²) in [7, 11) is 0. The van der Waals surface area contributed by atoms with Crippen molar-refractivity contribution < 1.29 is 23.9 Å². The maximum atomic E-state index is 14.2. The lowest BCUT2D eigenvalue weighted by atomic mass is 9.74. The Morgan fingerprint density at radius 2 is 1.81 bits per heavy atom. The van der Waals surface area contributed by atoms with Gasteiger partial charge in [-0.2, -0.15) is 0 Å².